The van der Waals surface area contributed by atoms with Gasteiger partial charge in [0.25, 0.3) is 5.91 Å². The Labute approximate surface area is 97.8 Å². The Morgan fingerprint density at radius 2 is 2.19 bits per heavy atom. The molecule has 2 rings (SSSR count). The average Bonchev–Trinajstić information content (AvgIpc) is 2.77. The molecule has 0 aromatic carbocycles. The Hall–Kier alpha value is -0.570. The molecular formula is C13H23NO2. The SMILES string of the molecule is CCC1CC2CN(C(=O)C(C)O)CC2C1C. The molecule has 2 fully saturated rings. The first kappa shape index (κ1) is 11.9. The maximum absolute atomic E-state index is 11.7. The van der Waals surface area contributed by atoms with E-state index in [2.05, 4.69) is 13.8 Å². The summed E-state index contributed by atoms with van der Waals surface area (Å²) in [5, 5.41) is 9.32. The molecule has 3 nitrogen and oxygen atoms in total. The van der Waals surface area contributed by atoms with E-state index in [4.69, 9.17) is 0 Å². The standard InChI is InChI=1S/C13H23NO2/c1-4-10-5-11-6-14(13(16)9(3)15)7-12(11)8(10)2/h8-12,15H,4-7H2,1-3H3. The summed E-state index contributed by atoms with van der Waals surface area (Å²) in [6, 6.07) is 0. The molecular weight excluding hydrogens is 202 g/mol. The lowest BCUT2D eigenvalue weighted by molar-refractivity contribution is -0.138. The second kappa shape index (κ2) is 4.36. The van der Waals surface area contributed by atoms with Gasteiger partial charge in [-0.1, -0.05) is 20.3 Å². The zero-order valence-corrected chi connectivity index (χ0v) is 10.5. The van der Waals surface area contributed by atoms with Crippen molar-refractivity contribution in [2.24, 2.45) is 23.7 Å². The fourth-order valence-electron chi connectivity index (χ4n) is 3.68. The Morgan fingerprint density at radius 1 is 1.50 bits per heavy atom. The largest absolute Gasteiger partial charge is 0.384 e. The molecule has 5 atom stereocenters. The van der Waals surface area contributed by atoms with Gasteiger partial charge in [0.15, 0.2) is 0 Å². The third kappa shape index (κ3) is 1.86. The monoisotopic (exact) mass is 225 g/mol. The van der Waals surface area contributed by atoms with Crippen LogP contribution in [0.4, 0.5) is 0 Å². The summed E-state index contributed by atoms with van der Waals surface area (Å²) < 4.78 is 0. The Bertz CT molecular complexity index is 277. The van der Waals surface area contributed by atoms with Crippen LogP contribution in [0.25, 0.3) is 0 Å². The quantitative estimate of drug-likeness (QED) is 0.774. The highest BCUT2D eigenvalue weighted by atomic mass is 16.3. The molecule has 1 aliphatic heterocycles. The number of rotatable bonds is 2. The molecule has 3 heteroatoms. The van der Waals surface area contributed by atoms with Crippen molar-refractivity contribution in [2.75, 3.05) is 13.1 Å². The van der Waals surface area contributed by atoms with E-state index in [0.29, 0.717) is 11.8 Å². The van der Waals surface area contributed by atoms with E-state index in [1.54, 1.807) is 6.92 Å². The lowest BCUT2D eigenvalue weighted by Crippen LogP contribution is -2.37. The van der Waals surface area contributed by atoms with Gasteiger partial charge in [0.1, 0.15) is 6.10 Å². The van der Waals surface area contributed by atoms with E-state index in [1.807, 2.05) is 4.90 Å². The normalized spacial score (nSPS) is 39.9. The molecule has 5 unspecified atom stereocenters. The zero-order valence-electron chi connectivity index (χ0n) is 10.5. The van der Waals surface area contributed by atoms with E-state index >= 15 is 0 Å². The van der Waals surface area contributed by atoms with Crippen molar-refractivity contribution in [1.82, 2.24) is 4.90 Å². The van der Waals surface area contributed by atoms with Crippen LogP contribution in [0, 0.1) is 23.7 Å². The van der Waals surface area contributed by atoms with E-state index in [9.17, 15) is 9.90 Å². The maximum Gasteiger partial charge on any atom is 0.251 e. The Kier molecular flexibility index (Phi) is 3.24. The van der Waals surface area contributed by atoms with Gasteiger partial charge in [-0.3, -0.25) is 4.79 Å². The molecule has 0 radical (unpaired) electrons. The first-order valence-electron chi connectivity index (χ1n) is 6.51. The molecule has 1 saturated heterocycles. The van der Waals surface area contributed by atoms with Crippen LogP contribution in [-0.4, -0.2) is 35.1 Å². The van der Waals surface area contributed by atoms with Crippen molar-refractivity contribution in [2.45, 2.75) is 39.7 Å². The van der Waals surface area contributed by atoms with E-state index in [1.165, 1.54) is 12.8 Å². The van der Waals surface area contributed by atoms with E-state index in [-0.39, 0.29) is 5.91 Å². The summed E-state index contributed by atoms with van der Waals surface area (Å²) in [7, 11) is 0. The van der Waals surface area contributed by atoms with Crippen molar-refractivity contribution in [3.05, 3.63) is 0 Å². The summed E-state index contributed by atoms with van der Waals surface area (Å²) in [5.74, 6) is 2.85. The smallest absolute Gasteiger partial charge is 0.251 e. The van der Waals surface area contributed by atoms with Crippen molar-refractivity contribution < 1.29 is 9.90 Å². The Morgan fingerprint density at radius 3 is 2.69 bits per heavy atom. The maximum atomic E-state index is 11.7. The summed E-state index contributed by atoms with van der Waals surface area (Å²) in [6.07, 6.45) is 1.70. The minimum atomic E-state index is -0.837. The average molecular weight is 225 g/mol. The third-order valence-corrected chi connectivity index (χ3v) is 4.71. The predicted molar refractivity (Wildman–Crippen MR) is 62.8 cm³/mol. The zero-order chi connectivity index (χ0) is 11.9. The molecule has 1 saturated carbocycles. The van der Waals surface area contributed by atoms with E-state index < -0.39 is 6.10 Å². The first-order chi connectivity index (χ1) is 7.54. The van der Waals surface area contributed by atoms with Gasteiger partial charge >= 0.3 is 0 Å². The summed E-state index contributed by atoms with van der Waals surface area (Å²) >= 11 is 0. The molecule has 0 bridgehead atoms. The third-order valence-electron chi connectivity index (χ3n) is 4.71. The molecule has 1 amide bonds. The number of fused-ring (bicyclic) bond motifs is 1. The number of carbonyl (C=O) groups is 1. The number of hydrogen-bond acceptors (Lipinski definition) is 2. The molecule has 16 heavy (non-hydrogen) atoms. The van der Waals surface area contributed by atoms with Gasteiger partial charge in [0.2, 0.25) is 0 Å². The van der Waals surface area contributed by atoms with Gasteiger partial charge in [-0.25, -0.2) is 0 Å². The minimum absolute atomic E-state index is 0.0883. The molecule has 1 aliphatic carbocycles. The summed E-state index contributed by atoms with van der Waals surface area (Å²) in [4.78, 5) is 13.6. The van der Waals surface area contributed by atoms with Crippen LogP contribution in [0.2, 0.25) is 0 Å². The van der Waals surface area contributed by atoms with Crippen LogP contribution < -0.4 is 0 Å². The van der Waals surface area contributed by atoms with Crippen molar-refractivity contribution >= 4 is 5.91 Å². The van der Waals surface area contributed by atoms with Gasteiger partial charge in [-0.2, -0.15) is 0 Å². The number of amides is 1. The number of aliphatic hydroxyl groups excluding tert-OH is 1. The molecule has 0 aromatic rings. The van der Waals surface area contributed by atoms with Crippen LogP contribution in [0.1, 0.15) is 33.6 Å². The van der Waals surface area contributed by atoms with Gasteiger partial charge < -0.3 is 10.0 Å². The fourth-order valence-corrected chi connectivity index (χ4v) is 3.68. The van der Waals surface area contributed by atoms with Gasteiger partial charge in [0.05, 0.1) is 0 Å². The molecule has 1 heterocycles. The Balaban J connectivity index is 1.99. The summed E-state index contributed by atoms with van der Waals surface area (Å²) in [5.41, 5.74) is 0. The highest BCUT2D eigenvalue weighted by molar-refractivity contribution is 5.80. The predicted octanol–water partition coefficient (Wildman–Crippen LogP) is 1.51. The van der Waals surface area contributed by atoms with E-state index in [0.717, 1.165) is 24.9 Å². The molecule has 92 valence electrons. The van der Waals surface area contributed by atoms with Gasteiger partial charge in [-0.05, 0) is 37.0 Å². The fraction of sp³-hybridized carbons (Fsp3) is 0.923. The molecule has 2 aliphatic rings. The molecule has 1 N–H and O–H groups in total. The lowest BCUT2D eigenvalue weighted by Gasteiger charge is -2.23. The molecule has 0 aromatic heterocycles. The van der Waals surface area contributed by atoms with Crippen molar-refractivity contribution in [3.8, 4) is 0 Å². The topological polar surface area (TPSA) is 40.5 Å². The summed E-state index contributed by atoms with van der Waals surface area (Å²) in [6.45, 7) is 7.89. The number of hydrogen-bond donors (Lipinski definition) is 1. The molecule has 0 spiro atoms. The second-order valence-electron chi connectivity index (χ2n) is 5.61. The van der Waals surface area contributed by atoms with Crippen LogP contribution in [0.5, 0.6) is 0 Å². The van der Waals surface area contributed by atoms with Crippen LogP contribution in [0.3, 0.4) is 0 Å². The number of nitrogens with zero attached hydrogens (tertiary/aromatic N) is 1. The van der Waals surface area contributed by atoms with Gasteiger partial charge in [0, 0.05) is 13.1 Å². The van der Waals surface area contributed by atoms with Crippen molar-refractivity contribution in [3.63, 3.8) is 0 Å². The number of likely N-dealkylation sites (tertiary alicyclic amines) is 1. The highest BCUT2D eigenvalue weighted by Gasteiger charge is 2.46. The second-order valence-corrected chi connectivity index (χ2v) is 5.61. The lowest BCUT2D eigenvalue weighted by atomic mass is 9.89. The number of aliphatic hydroxyl groups is 1. The first-order valence-corrected chi connectivity index (χ1v) is 6.51. The number of carbonyl (C=O) groups excluding carboxylic acids is 1. The minimum Gasteiger partial charge on any atom is -0.384 e. The highest BCUT2D eigenvalue weighted by Crippen LogP contribution is 2.46. The van der Waals surface area contributed by atoms with Crippen LogP contribution in [0.15, 0.2) is 0 Å². The van der Waals surface area contributed by atoms with Gasteiger partial charge in [-0.15, -0.1) is 0 Å². The van der Waals surface area contributed by atoms with Crippen LogP contribution >= 0.6 is 0 Å². The van der Waals surface area contributed by atoms with Crippen LogP contribution in [-0.2, 0) is 4.79 Å². The van der Waals surface area contributed by atoms with Crippen molar-refractivity contribution in [1.29, 1.82) is 0 Å².